The number of rotatable bonds is 2. The van der Waals surface area contributed by atoms with Gasteiger partial charge in [0.15, 0.2) is 5.76 Å². The molecule has 0 aliphatic carbocycles. The molecule has 4 nitrogen and oxygen atoms in total. The van der Waals surface area contributed by atoms with Gasteiger partial charge in [0.2, 0.25) is 0 Å². The number of anilines is 1. The van der Waals surface area contributed by atoms with E-state index in [2.05, 4.69) is 0 Å². The number of nitrogens with zero attached hydrogens (tertiary/aromatic N) is 2. The fourth-order valence-electron chi connectivity index (χ4n) is 3.20. The van der Waals surface area contributed by atoms with Crippen molar-refractivity contribution in [1.82, 2.24) is 9.97 Å². The van der Waals surface area contributed by atoms with Gasteiger partial charge >= 0.3 is 0 Å². The number of aromatic nitrogens is 2. The van der Waals surface area contributed by atoms with Crippen molar-refractivity contribution < 1.29 is 4.42 Å². The standard InChI is InChI=1S/C22H15N3O/c23-19-15-10-4-7-13-18(15)26-22(19)21-20(14-8-2-1-3-9-14)24-16-11-5-6-12-17(16)25-21/h1-13H,23H2. The second-order valence-electron chi connectivity index (χ2n) is 6.12. The van der Waals surface area contributed by atoms with Crippen LogP contribution in [0.3, 0.4) is 0 Å². The molecule has 0 aliphatic rings. The molecule has 0 aliphatic heterocycles. The van der Waals surface area contributed by atoms with Gasteiger partial charge in [0, 0.05) is 10.9 Å². The highest BCUT2D eigenvalue weighted by atomic mass is 16.3. The van der Waals surface area contributed by atoms with Gasteiger partial charge in [-0.15, -0.1) is 0 Å². The molecule has 0 unspecified atom stereocenters. The number of para-hydroxylation sites is 3. The lowest BCUT2D eigenvalue weighted by Gasteiger charge is -2.09. The second kappa shape index (κ2) is 5.70. The van der Waals surface area contributed by atoms with E-state index in [0.29, 0.717) is 17.1 Å². The number of nitrogen functional groups attached to an aromatic ring is 1. The monoisotopic (exact) mass is 337 g/mol. The molecule has 0 saturated heterocycles. The summed E-state index contributed by atoms with van der Waals surface area (Å²) in [5.41, 5.74) is 11.8. The summed E-state index contributed by atoms with van der Waals surface area (Å²) in [5.74, 6) is 0.559. The van der Waals surface area contributed by atoms with Crippen molar-refractivity contribution in [1.29, 1.82) is 0 Å². The van der Waals surface area contributed by atoms with Gasteiger partial charge in [0.25, 0.3) is 0 Å². The van der Waals surface area contributed by atoms with Gasteiger partial charge < -0.3 is 10.2 Å². The van der Waals surface area contributed by atoms with E-state index in [4.69, 9.17) is 20.1 Å². The van der Waals surface area contributed by atoms with Crippen LogP contribution in [0.1, 0.15) is 0 Å². The zero-order chi connectivity index (χ0) is 17.5. The fraction of sp³-hybridized carbons (Fsp3) is 0. The Morgan fingerprint density at radius 2 is 1.27 bits per heavy atom. The Morgan fingerprint density at radius 1 is 0.654 bits per heavy atom. The van der Waals surface area contributed by atoms with Crippen LogP contribution in [0.15, 0.2) is 83.3 Å². The SMILES string of the molecule is Nc1c(-c2nc3ccccc3nc2-c2ccccc2)oc2ccccc12. The molecule has 0 spiro atoms. The first kappa shape index (κ1) is 14.7. The lowest BCUT2D eigenvalue weighted by atomic mass is 10.1. The van der Waals surface area contributed by atoms with Crippen LogP contribution in [-0.2, 0) is 0 Å². The molecule has 0 bridgehead atoms. The molecule has 0 amide bonds. The van der Waals surface area contributed by atoms with Crippen LogP contribution in [0, 0.1) is 0 Å². The molecule has 5 rings (SSSR count). The smallest absolute Gasteiger partial charge is 0.178 e. The summed E-state index contributed by atoms with van der Waals surface area (Å²) in [5, 5.41) is 0.886. The average Bonchev–Trinajstić information content (AvgIpc) is 3.04. The molecule has 0 fully saturated rings. The first-order valence-corrected chi connectivity index (χ1v) is 8.41. The van der Waals surface area contributed by atoms with Gasteiger partial charge in [-0.2, -0.15) is 0 Å². The van der Waals surface area contributed by atoms with E-state index in [0.717, 1.165) is 33.3 Å². The van der Waals surface area contributed by atoms with Gasteiger partial charge in [-0.25, -0.2) is 9.97 Å². The third-order valence-corrected chi connectivity index (χ3v) is 4.47. The summed E-state index contributed by atoms with van der Waals surface area (Å²) in [4.78, 5) is 9.70. The second-order valence-corrected chi connectivity index (χ2v) is 6.12. The summed E-state index contributed by atoms with van der Waals surface area (Å²) < 4.78 is 6.07. The number of hydrogen-bond acceptors (Lipinski definition) is 4. The van der Waals surface area contributed by atoms with Crippen LogP contribution in [-0.4, -0.2) is 9.97 Å². The Balaban J connectivity index is 1.87. The van der Waals surface area contributed by atoms with Crippen LogP contribution in [0.5, 0.6) is 0 Å². The third-order valence-electron chi connectivity index (χ3n) is 4.47. The third kappa shape index (κ3) is 2.24. The van der Waals surface area contributed by atoms with Crippen molar-refractivity contribution in [2.24, 2.45) is 0 Å². The highest BCUT2D eigenvalue weighted by Gasteiger charge is 2.20. The summed E-state index contributed by atoms with van der Waals surface area (Å²) in [7, 11) is 0. The molecule has 5 aromatic rings. The van der Waals surface area contributed by atoms with E-state index in [1.165, 1.54) is 0 Å². The predicted molar refractivity (Wildman–Crippen MR) is 105 cm³/mol. The zero-order valence-corrected chi connectivity index (χ0v) is 13.9. The van der Waals surface area contributed by atoms with Gasteiger partial charge in [0.05, 0.1) is 16.7 Å². The number of hydrogen-bond donors (Lipinski definition) is 1. The molecular weight excluding hydrogens is 322 g/mol. The molecule has 2 N–H and O–H groups in total. The first-order valence-electron chi connectivity index (χ1n) is 8.41. The zero-order valence-electron chi connectivity index (χ0n) is 13.9. The van der Waals surface area contributed by atoms with E-state index in [1.54, 1.807) is 0 Å². The minimum Gasteiger partial charge on any atom is -0.452 e. The van der Waals surface area contributed by atoms with Gasteiger partial charge in [-0.05, 0) is 24.3 Å². The molecule has 2 aromatic heterocycles. The van der Waals surface area contributed by atoms with Gasteiger partial charge in [-0.1, -0.05) is 54.6 Å². The Hall–Kier alpha value is -3.66. The van der Waals surface area contributed by atoms with Crippen molar-refractivity contribution in [2.75, 3.05) is 5.73 Å². The number of benzene rings is 3. The molecule has 4 heteroatoms. The number of fused-ring (bicyclic) bond motifs is 2. The minimum absolute atomic E-state index is 0.559. The Kier molecular flexibility index (Phi) is 3.22. The summed E-state index contributed by atoms with van der Waals surface area (Å²) in [6, 6.07) is 25.5. The maximum absolute atomic E-state index is 6.40. The molecule has 26 heavy (non-hydrogen) atoms. The predicted octanol–water partition coefficient (Wildman–Crippen LogP) is 5.29. The number of nitrogens with two attached hydrogens (primary N) is 1. The summed E-state index contributed by atoms with van der Waals surface area (Å²) in [6.07, 6.45) is 0. The van der Waals surface area contributed by atoms with Crippen molar-refractivity contribution in [3.8, 4) is 22.7 Å². The lowest BCUT2D eigenvalue weighted by molar-refractivity contribution is 0.630. The fourth-order valence-corrected chi connectivity index (χ4v) is 3.20. The van der Waals surface area contributed by atoms with Crippen molar-refractivity contribution >= 4 is 27.7 Å². The molecule has 124 valence electrons. The first-order chi connectivity index (χ1) is 12.8. The summed E-state index contributed by atoms with van der Waals surface area (Å²) in [6.45, 7) is 0. The molecule has 2 heterocycles. The van der Waals surface area contributed by atoms with Crippen LogP contribution in [0.25, 0.3) is 44.7 Å². The molecule has 0 saturated carbocycles. The van der Waals surface area contributed by atoms with E-state index < -0.39 is 0 Å². The summed E-state index contributed by atoms with van der Waals surface area (Å²) >= 11 is 0. The van der Waals surface area contributed by atoms with Crippen LogP contribution in [0.2, 0.25) is 0 Å². The normalized spacial score (nSPS) is 11.2. The quantitative estimate of drug-likeness (QED) is 0.475. The van der Waals surface area contributed by atoms with E-state index >= 15 is 0 Å². The van der Waals surface area contributed by atoms with E-state index in [-0.39, 0.29) is 0 Å². The molecule has 3 aromatic carbocycles. The van der Waals surface area contributed by atoms with Gasteiger partial charge in [0.1, 0.15) is 17.0 Å². The topological polar surface area (TPSA) is 64.9 Å². The van der Waals surface area contributed by atoms with Crippen molar-refractivity contribution in [3.63, 3.8) is 0 Å². The Bertz CT molecular complexity index is 1240. The Labute approximate surface area is 149 Å². The van der Waals surface area contributed by atoms with E-state index in [9.17, 15) is 0 Å². The van der Waals surface area contributed by atoms with Crippen molar-refractivity contribution in [3.05, 3.63) is 78.9 Å². The highest BCUT2D eigenvalue weighted by molar-refractivity contribution is 5.99. The van der Waals surface area contributed by atoms with Crippen molar-refractivity contribution in [2.45, 2.75) is 0 Å². The minimum atomic E-state index is 0.559. The molecule has 0 atom stereocenters. The largest absolute Gasteiger partial charge is 0.452 e. The van der Waals surface area contributed by atoms with Crippen LogP contribution < -0.4 is 5.73 Å². The maximum Gasteiger partial charge on any atom is 0.178 e. The van der Waals surface area contributed by atoms with E-state index in [1.807, 2.05) is 78.9 Å². The number of furan rings is 1. The molecule has 0 radical (unpaired) electrons. The maximum atomic E-state index is 6.40. The van der Waals surface area contributed by atoms with Crippen LogP contribution >= 0.6 is 0 Å². The van der Waals surface area contributed by atoms with Crippen LogP contribution in [0.4, 0.5) is 5.69 Å². The molecular formula is C22H15N3O. The van der Waals surface area contributed by atoms with Gasteiger partial charge in [-0.3, -0.25) is 0 Å². The Morgan fingerprint density at radius 3 is 2.00 bits per heavy atom. The highest BCUT2D eigenvalue weighted by Crippen LogP contribution is 2.39. The average molecular weight is 337 g/mol. The lowest BCUT2D eigenvalue weighted by Crippen LogP contribution is -1.96.